The first kappa shape index (κ1) is 36.5. The van der Waals surface area contributed by atoms with Gasteiger partial charge in [0.1, 0.15) is 36.8 Å². The number of amides is 1. The highest BCUT2D eigenvalue weighted by Gasteiger charge is 2.34. The number of nitrogen functional groups attached to an aromatic ring is 2. The van der Waals surface area contributed by atoms with Gasteiger partial charge in [0, 0.05) is 26.2 Å². The van der Waals surface area contributed by atoms with Gasteiger partial charge in [-0.15, -0.1) is 0 Å². The first-order valence-electron chi connectivity index (χ1n) is 15.5. The molecule has 3 heterocycles. The summed E-state index contributed by atoms with van der Waals surface area (Å²) in [5, 5.41) is 23.1. The second-order valence-electron chi connectivity index (χ2n) is 11.3. The Labute approximate surface area is 278 Å². The number of nitrogens with one attached hydrogen (secondary N) is 1. The average Bonchev–Trinajstić information content (AvgIpc) is 3.03. The molecular formula is C30H45ClN8O8. The predicted octanol–water partition coefficient (Wildman–Crippen LogP) is 0.287. The molecule has 0 bridgehead atoms. The monoisotopic (exact) mass is 680 g/mol. The van der Waals surface area contributed by atoms with Gasteiger partial charge >= 0.3 is 0 Å². The number of ether oxygens (including phenoxy) is 5. The van der Waals surface area contributed by atoms with Gasteiger partial charge in [-0.25, -0.2) is 9.97 Å². The van der Waals surface area contributed by atoms with E-state index in [-0.39, 0.29) is 41.7 Å². The van der Waals surface area contributed by atoms with Crippen molar-refractivity contribution in [3.8, 4) is 5.75 Å². The van der Waals surface area contributed by atoms with Gasteiger partial charge in [0.25, 0.3) is 5.91 Å². The second kappa shape index (κ2) is 17.7. The quantitative estimate of drug-likeness (QED) is 0.0894. The van der Waals surface area contributed by atoms with E-state index in [0.717, 1.165) is 30.6 Å². The number of hydrogen-bond donors (Lipinski definition) is 6. The van der Waals surface area contributed by atoms with Crippen LogP contribution >= 0.6 is 11.6 Å². The van der Waals surface area contributed by atoms with Crippen molar-refractivity contribution in [1.82, 2.24) is 20.2 Å². The number of rotatable bonds is 14. The smallest absolute Gasteiger partial charge is 0.280 e. The Morgan fingerprint density at radius 3 is 2.26 bits per heavy atom. The van der Waals surface area contributed by atoms with Crippen molar-refractivity contribution in [2.24, 2.45) is 10.7 Å². The normalized spacial score (nSPS) is 25.1. The molecule has 0 radical (unpaired) electrons. The summed E-state index contributed by atoms with van der Waals surface area (Å²) in [7, 11) is 0. The summed E-state index contributed by atoms with van der Waals surface area (Å²) in [6.07, 6.45) is -0.832. The van der Waals surface area contributed by atoms with Crippen molar-refractivity contribution in [3.63, 3.8) is 0 Å². The number of aryl methyl sites for hydroxylation is 1. The minimum atomic E-state index is -0.762. The van der Waals surface area contributed by atoms with Crippen LogP contribution in [0.3, 0.4) is 0 Å². The van der Waals surface area contributed by atoms with Crippen LogP contribution in [0.4, 0.5) is 11.6 Å². The SMILES string of the molecule is C[C@@H]1OCC(O)[C@H](CN(CCOc2ccc(CCCCN=C(N)NC(=O)c3nc(Cl)c(N)nc3N)cc2)C[C@@H]2O[C@H](C)OCC2O)O1. The third kappa shape index (κ3) is 11.4. The fourth-order valence-electron chi connectivity index (χ4n) is 5.04. The first-order chi connectivity index (χ1) is 22.5. The molecule has 2 aromatic rings. The van der Waals surface area contributed by atoms with Gasteiger partial charge in [-0.1, -0.05) is 23.7 Å². The Morgan fingerprint density at radius 1 is 1.02 bits per heavy atom. The van der Waals surface area contributed by atoms with Gasteiger partial charge in [0.2, 0.25) is 0 Å². The topological polar surface area (TPSA) is 235 Å². The molecule has 260 valence electrons. The van der Waals surface area contributed by atoms with Crippen LogP contribution in [0, 0.1) is 0 Å². The molecule has 6 atom stereocenters. The number of aliphatic hydroxyl groups excluding tert-OH is 2. The zero-order valence-electron chi connectivity index (χ0n) is 26.6. The lowest BCUT2D eigenvalue weighted by molar-refractivity contribution is -0.257. The molecule has 0 spiro atoms. The molecular weight excluding hydrogens is 636 g/mol. The summed E-state index contributed by atoms with van der Waals surface area (Å²) in [4.78, 5) is 26.2. The first-order valence-corrected chi connectivity index (χ1v) is 15.9. The molecule has 1 amide bonds. The van der Waals surface area contributed by atoms with Crippen molar-refractivity contribution < 1.29 is 38.7 Å². The van der Waals surface area contributed by atoms with Crippen molar-refractivity contribution in [2.75, 3.05) is 57.5 Å². The van der Waals surface area contributed by atoms with Gasteiger partial charge in [0.05, 0.1) is 13.2 Å². The molecule has 2 unspecified atom stereocenters. The minimum absolute atomic E-state index is 0.0683. The summed E-state index contributed by atoms with van der Waals surface area (Å²) in [6, 6.07) is 7.86. The molecule has 2 saturated heterocycles. The molecule has 1 aromatic heterocycles. The third-order valence-electron chi connectivity index (χ3n) is 7.59. The van der Waals surface area contributed by atoms with Crippen LogP contribution in [0.15, 0.2) is 29.3 Å². The van der Waals surface area contributed by atoms with E-state index < -0.39 is 42.9 Å². The number of anilines is 2. The fraction of sp³-hybridized carbons (Fsp3) is 0.600. The molecule has 1 aromatic carbocycles. The van der Waals surface area contributed by atoms with E-state index in [9.17, 15) is 15.0 Å². The summed E-state index contributed by atoms with van der Waals surface area (Å²) < 4.78 is 28.4. The van der Waals surface area contributed by atoms with Crippen LogP contribution in [0.5, 0.6) is 5.75 Å². The number of aliphatic imine (C=N–C) groups is 1. The number of aromatic nitrogens is 2. The highest BCUT2D eigenvalue weighted by Crippen LogP contribution is 2.20. The number of nitrogens with two attached hydrogens (primary N) is 3. The number of carbonyl (C=O) groups is 1. The Bertz CT molecular complexity index is 1310. The number of nitrogens with zero attached hydrogens (tertiary/aromatic N) is 4. The Hall–Kier alpha value is -3.35. The van der Waals surface area contributed by atoms with E-state index in [0.29, 0.717) is 32.8 Å². The molecule has 16 nitrogen and oxygen atoms in total. The molecule has 9 N–H and O–H groups in total. The number of carbonyl (C=O) groups excluding carboxylic acids is 1. The van der Waals surface area contributed by atoms with Gasteiger partial charge in [-0.3, -0.25) is 20.0 Å². The molecule has 0 saturated carbocycles. The summed E-state index contributed by atoms with van der Waals surface area (Å²) >= 11 is 5.82. The maximum Gasteiger partial charge on any atom is 0.280 e. The van der Waals surface area contributed by atoms with E-state index in [1.54, 1.807) is 13.8 Å². The minimum Gasteiger partial charge on any atom is -0.492 e. The molecule has 0 aliphatic carbocycles. The van der Waals surface area contributed by atoms with E-state index >= 15 is 0 Å². The highest BCUT2D eigenvalue weighted by molar-refractivity contribution is 6.31. The molecule has 2 aliphatic heterocycles. The lowest BCUT2D eigenvalue weighted by Crippen LogP contribution is -2.54. The van der Waals surface area contributed by atoms with E-state index in [4.69, 9.17) is 52.5 Å². The van der Waals surface area contributed by atoms with Crippen LogP contribution in [0.25, 0.3) is 0 Å². The molecule has 2 fully saturated rings. The van der Waals surface area contributed by atoms with E-state index in [1.807, 2.05) is 24.3 Å². The number of unbranched alkanes of at least 4 members (excludes halogenated alkanes) is 1. The lowest BCUT2D eigenvalue weighted by atomic mass is 10.1. The van der Waals surface area contributed by atoms with Crippen LogP contribution in [0.1, 0.15) is 42.7 Å². The van der Waals surface area contributed by atoms with Crippen LogP contribution in [0.2, 0.25) is 5.15 Å². The molecule has 47 heavy (non-hydrogen) atoms. The summed E-state index contributed by atoms with van der Waals surface area (Å²) in [5.74, 6) is -0.267. The number of hydrogen-bond acceptors (Lipinski definition) is 14. The van der Waals surface area contributed by atoms with Crippen LogP contribution in [-0.4, -0.2) is 120 Å². The second-order valence-corrected chi connectivity index (χ2v) is 11.7. The van der Waals surface area contributed by atoms with Crippen LogP contribution < -0.4 is 27.3 Å². The Balaban J connectivity index is 1.19. The Kier molecular flexibility index (Phi) is 13.7. The predicted molar refractivity (Wildman–Crippen MR) is 174 cm³/mol. The zero-order valence-corrected chi connectivity index (χ0v) is 27.3. The fourth-order valence-corrected chi connectivity index (χ4v) is 5.17. The standard InChI is InChI=1S/C30H45ClN8O8/c1-17-44-15-21(40)23(46-17)13-39(14-24-22(41)16-45-18(2)47-24)11-12-43-20-8-6-19(7-9-20)5-3-4-10-35-30(34)38-29(42)25-27(32)37-28(33)26(31)36-25/h6-9,17-18,21-24,40-41H,3-5,10-16H2,1-2H3,(H4,32,33,37)(H3,34,35,38,42)/t17-,18-,21?,22?,23+,24+/m1/s1. The van der Waals surface area contributed by atoms with Crippen molar-refractivity contribution in [1.29, 1.82) is 0 Å². The van der Waals surface area contributed by atoms with Crippen LogP contribution in [-0.2, 0) is 25.4 Å². The molecule has 2 aliphatic rings. The highest BCUT2D eigenvalue weighted by atomic mass is 35.5. The van der Waals surface area contributed by atoms with Crippen molar-refractivity contribution in [3.05, 3.63) is 40.7 Å². The number of halogens is 1. The maximum absolute atomic E-state index is 12.3. The average molecular weight is 681 g/mol. The summed E-state index contributed by atoms with van der Waals surface area (Å²) in [5.41, 5.74) is 18.0. The number of benzene rings is 1. The van der Waals surface area contributed by atoms with Gasteiger partial charge in [-0.2, -0.15) is 0 Å². The number of guanidine groups is 1. The van der Waals surface area contributed by atoms with Gasteiger partial charge in [-0.05, 0) is 50.8 Å². The lowest BCUT2D eigenvalue weighted by Gasteiger charge is -2.39. The van der Waals surface area contributed by atoms with E-state index in [1.165, 1.54) is 0 Å². The third-order valence-corrected chi connectivity index (χ3v) is 7.87. The largest absolute Gasteiger partial charge is 0.492 e. The van der Waals surface area contributed by atoms with Crippen molar-refractivity contribution >= 4 is 35.1 Å². The van der Waals surface area contributed by atoms with E-state index in [2.05, 4.69) is 25.2 Å². The molecule has 17 heteroatoms. The summed E-state index contributed by atoms with van der Waals surface area (Å²) in [6.45, 7) is 6.13. The number of aliphatic hydroxyl groups is 2. The molecule has 4 rings (SSSR count). The van der Waals surface area contributed by atoms with Crippen molar-refractivity contribution in [2.45, 2.75) is 70.1 Å². The van der Waals surface area contributed by atoms with Gasteiger partial charge in [0.15, 0.2) is 41.0 Å². The van der Waals surface area contributed by atoms with Gasteiger partial charge < -0.3 is 51.1 Å². The maximum atomic E-state index is 12.3. The zero-order chi connectivity index (χ0) is 33.9. The Morgan fingerprint density at radius 2 is 1.64 bits per heavy atom.